The van der Waals surface area contributed by atoms with Gasteiger partial charge in [-0.3, -0.25) is 4.79 Å². The summed E-state index contributed by atoms with van der Waals surface area (Å²) in [6.45, 7) is 0. The Balaban J connectivity index is 2.10. The monoisotopic (exact) mass is 341 g/mol. The Morgan fingerprint density at radius 3 is 2.89 bits per heavy atom. The van der Waals surface area contributed by atoms with E-state index in [0.29, 0.717) is 17.1 Å². The van der Waals surface area contributed by atoms with E-state index in [1.807, 2.05) is 18.2 Å². The average molecular weight is 343 g/mol. The van der Waals surface area contributed by atoms with Gasteiger partial charge in [-0.05, 0) is 31.0 Å². The highest BCUT2D eigenvalue weighted by Gasteiger charge is 2.23. The molecule has 0 saturated heterocycles. The van der Waals surface area contributed by atoms with E-state index in [4.69, 9.17) is 11.6 Å². The molecule has 0 N–H and O–H groups in total. The number of hydrogen-bond acceptors (Lipinski definition) is 3. The van der Waals surface area contributed by atoms with Crippen LogP contribution in [0.15, 0.2) is 22.7 Å². The van der Waals surface area contributed by atoms with Crippen molar-refractivity contribution in [1.82, 2.24) is 4.98 Å². The standard InChI is InChI=1S/C13H9BrClNOS/c14-9-6-7(15)4-5-8(9)13-16-12-10(17)2-1-3-11(12)18-13/h4-6H,1-3H2. The van der Waals surface area contributed by atoms with Crippen molar-refractivity contribution in [3.8, 4) is 10.6 Å². The van der Waals surface area contributed by atoms with Crippen molar-refractivity contribution in [2.45, 2.75) is 19.3 Å². The lowest BCUT2D eigenvalue weighted by Gasteiger charge is -2.06. The fourth-order valence-electron chi connectivity index (χ4n) is 2.05. The van der Waals surface area contributed by atoms with E-state index in [9.17, 15) is 4.79 Å². The van der Waals surface area contributed by atoms with Crippen LogP contribution in [0.3, 0.4) is 0 Å². The summed E-state index contributed by atoms with van der Waals surface area (Å²) in [4.78, 5) is 17.4. The van der Waals surface area contributed by atoms with Crippen molar-refractivity contribution < 1.29 is 4.79 Å². The van der Waals surface area contributed by atoms with E-state index in [2.05, 4.69) is 20.9 Å². The molecule has 2 nitrogen and oxygen atoms in total. The predicted molar refractivity (Wildman–Crippen MR) is 77.5 cm³/mol. The Labute approximate surface area is 122 Å². The molecule has 0 bridgehead atoms. The second-order valence-corrected chi connectivity index (χ2v) is 6.57. The summed E-state index contributed by atoms with van der Waals surface area (Å²) in [6, 6.07) is 5.62. The molecule has 1 aliphatic carbocycles. The second-order valence-electron chi connectivity index (χ2n) is 4.19. The van der Waals surface area contributed by atoms with Gasteiger partial charge in [0.2, 0.25) is 0 Å². The molecule has 1 heterocycles. The molecule has 1 aromatic heterocycles. The molecule has 2 aromatic rings. The number of fused-ring (bicyclic) bond motifs is 1. The summed E-state index contributed by atoms with van der Waals surface area (Å²) in [5.74, 6) is 0.170. The number of halogens is 2. The first-order chi connectivity index (χ1) is 8.65. The van der Waals surface area contributed by atoms with Crippen molar-refractivity contribution in [2.75, 3.05) is 0 Å². The summed E-state index contributed by atoms with van der Waals surface area (Å²) in [5.41, 5.74) is 1.66. The van der Waals surface area contributed by atoms with Crippen LogP contribution in [0.4, 0.5) is 0 Å². The lowest BCUT2D eigenvalue weighted by molar-refractivity contribution is 0.0968. The van der Waals surface area contributed by atoms with Gasteiger partial charge in [0.15, 0.2) is 5.78 Å². The number of benzene rings is 1. The van der Waals surface area contributed by atoms with Gasteiger partial charge in [0.25, 0.3) is 0 Å². The van der Waals surface area contributed by atoms with Gasteiger partial charge in [-0.2, -0.15) is 0 Å². The minimum atomic E-state index is 0.170. The van der Waals surface area contributed by atoms with Crippen molar-refractivity contribution in [1.29, 1.82) is 0 Å². The summed E-state index contributed by atoms with van der Waals surface area (Å²) >= 11 is 11.0. The first-order valence-electron chi connectivity index (χ1n) is 5.63. The maximum Gasteiger partial charge on any atom is 0.182 e. The number of hydrogen-bond donors (Lipinski definition) is 0. The van der Waals surface area contributed by atoms with E-state index in [1.54, 1.807) is 11.3 Å². The molecule has 0 aliphatic heterocycles. The molecule has 18 heavy (non-hydrogen) atoms. The molecule has 0 fully saturated rings. The molecule has 0 spiro atoms. The van der Waals surface area contributed by atoms with Crippen molar-refractivity contribution in [2.24, 2.45) is 0 Å². The zero-order valence-electron chi connectivity index (χ0n) is 9.37. The number of ketones is 1. The van der Waals surface area contributed by atoms with E-state index in [1.165, 1.54) is 0 Å². The fraction of sp³-hybridized carbons (Fsp3) is 0.231. The van der Waals surface area contributed by atoms with Gasteiger partial charge in [-0.25, -0.2) is 4.98 Å². The Kier molecular flexibility index (Phi) is 3.26. The number of aromatic nitrogens is 1. The van der Waals surface area contributed by atoms with Gasteiger partial charge in [0.1, 0.15) is 10.7 Å². The molecule has 5 heteroatoms. The third-order valence-corrected chi connectivity index (χ3v) is 4.97. The van der Waals surface area contributed by atoms with Gasteiger partial charge < -0.3 is 0 Å². The first kappa shape index (κ1) is 12.3. The third-order valence-electron chi connectivity index (χ3n) is 2.93. The minimum Gasteiger partial charge on any atom is -0.292 e. The number of carbonyl (C=O) groups excluding carboxylic acids is 1. The SMILES string of the molecule is O=C1CCCc2sc(-c3ccc(Cl)cc3Br)nc21. The zero-order chi connectivity index (χ0) is 12.7. The van der Waals surface area contributed by atoms with Gasteiger partial charge in [0, 0.05) is 26.4 Å². The van der Waals surface area contributed by atoms with Crippen LogP contribution in [0, 0.1) is 0 Å². The maximum absolute atomic E-state index is 11.8. The number of nitrogens with zero attached hydrogens (tertiary/aromatic N) is 1. The van der Waals surface area contributed by atoms with Crippen LogP contribution < -0.4 is 0 Å². The summed E-state index contributed by atoms with van der Waals surface area (Å²) < 4.78 is 0.911. The number of thiazole rings is 1. The second kappa shape index (κ2) is 4.76. The topological polar surface area (TPSA) is 30.0 Å². The largest absolute Gasteiger partial charge is 0.292 e. The molecule has 92 valence electrons. The summed E-state index contributed by atoms with van der Waals surface area (Å²) in [5, 5.41) is 1.57. The van der Waals surface area contributed by atoms with Crippen LogP contribution in [0.2, 0.25) is 5.02 Å². The Morgan fingerprint density at radius 1 is 1.33 bits per heavy atom. The normalized spacial score (nSPS) is 14.7. The lowest BCUT2D eigenvalue weighted by atomic mass is 10.0. The number of aryl methyl sites for hydroxylation is 1. The van der Waals surface area contributed by atoms with Gasteiger partial charge in [-0.15, -0.1) is 11.3 Å². The highest BCUT2D eigenvalue weighted by Crippen LogP contribution is 2.36. The Hall–Kier alpha value is -0.710. The van der Waals surface area contributed by atoms with E-state index in [-0.39, 0.29) is 5.78 Å². The van der Waals surface area contributed by atoms with Crippen LogP contribution in [0.5, 0.6) is 0 Å². The highest BCUT2D eigenvalue weighted by molar-refractivity contribution is 9.10. The predicted octanol–water partition coefficient (Wildman–Crippen LogP) is 4.75. The zero-order valence-corrected chi connectivity index (χ0v) is 12.5. The van der Waals surface area contributed by atoms with Crippen molar-refractivity contribution in [3.63, 3.8) is 0 Å². The quantitative estimate of drug-likeness (QED) is 0.749. The van der Waals surface area contributed by atoms with E-state index >= 15 is 0 Å². The van der Waals surface area contributed by atoms with Crippen molar-refractivity contribution in [3.05, 3.63) is 38.3 Å². The van der Waals surface area contributed by atoms with E-state index in [0.717, 1.165) is 32.8 Å². The molecule has 1 aromatic carbocycles. The molecule has 1 aliphatic rings. The van der Waals surface area contributed by atoms with Crippen LogP contribution >= 0.6 is 38.9 Å². The van der Waals surface area contributed by atoms with Crippen molar-refractivity contribution >= 4 is 44.7 Å². The molecule has 3 rings (SSSR count). The van der Waals surface area contributed by atoms with Gasteiger partial charge >= 0.3 is 0 Å². The van der Waals surface area contributed by atoms with Gasteiger partial charge in [-0.1, -0.05) is 27.5 Å². The Morgan fingerprint density at radius 2 is 2.17 bits per heavy atom. The molecular weight excluding hydrogens is 334 g/mol. The molecule has 0 atom stereocenters. The summed E-state index contributed by atoms with van der Waals surface area (Å²) in [7, 11) is 0. The van der Waals surface area contributed by atoms with Crippen LogP contribution in [0.25, 0.3) is 10.6 Å². The molecule has 0 radical (unpaired) electrons. The average Bonchev–Trinajstić information content (AvgIpc) is 2.74. The minimum absolute atomic E-state index is 0.170. The third kappa shape index (κ3) is 2.13. The summed E-state index contributed by atoms with van der Waals surface area (Å²) in [6.07, 6.45) is 2.52. The smallest absolute Gasteiger partial charge is 0.182 e. The number of Topliss-reactive ketones (excluding diaryl/α,β-unsaturated/α-hetero) is 1. The fourth-order valence-corrected chi connectivity index (χ4v) is 4.21. The number of carbonyl (C=O) groups is 1. The highest BCUT2D eigenvalue weighted by atomic mass is 79.9. The van der Waals surface area contributed by atoms with Crippen LogP contribution in [-0.2, 0) is 6.42 Å². The lowest BCUT2D eigenvalue weighted by Crippen LogP contribution is -2.08. The van der Waals surface area contributed by atoms with Crippen LogP contribution in [0.1, 0.15) is 28.2 Å². The number of rotatable bonds is 1. The molecule has 0 amide bonds. The van der Waals surface area contributed by atoms with E-state index < -0.39 is 0 Å². The molecule has 0 unspecified atom stereocenters. The Bertz CT molecular complexity index is 638. The first-order valence-corrected chi connectivity index (χ1v) is 7.62. The molecule has 0 saturated carbocycles. The van der Waals surface area contributed by atoms with Crippen LogP contribution in [-0.4, -0.2) is 10.8 Å². The maximum atomic E-state index is 11.8. The van der Waals surface area contributed by atoms with Gasteiger partial charge in [0.05, 0.1) is 0 Å². The molecular formula is C13H9BrClNOS.